The number of nitrogens with one attached hydrogen (secondary N) is 1. The Morgan fingerprint density at radius 2 is 1.76 bits per heavy atom. The monoisotopic (exact) mass is 521 g/mol. The predicted molar refractivity (Wildman–Crippen MR) is 151 cm³/mol. The summed E-state index contributed by atoms with van der Waals surface area (Å²) in [5.41, 5.74) is 9.80. The van der Waals surface area contributed by atoms with Crippen molar-refractivity contribution in [2.45, 2.75) is 52.0 Å². The quantitative estimate of drug-likeness (QED) is 0.154. The van der Waals surface area contributed by atoms with Crippen molar-refractivity contribution in [1.29, 1.82) is 0 Å². The number of unbranched alkanes of at least 4 members (excludes halogenated alkanes) is 2. The summed E-state index contributed by atoms with van der Waals surface area (Å²) in [6.07, 6.45) is 6.15. The highest BCUT2D eigenvalue weighted by Crippen LogP contribution is 2.29. The molecule has 6 nitrogen and oxygen atoms in total. The van der Waals surface area contributed by atoms with Crippen LogP contribution >= 0.6 is 12.4 Å². The van der Waals surface area contributed by atoms with Crippen LogP contribution < -0.4 is 10.5 Å². The number of fused-ring (bicyclic) bond motifs is 1. The maximum absolute atomic E-state index is 12.8. The van der Waals surface area contributed by atoms with Crippen molar-refractivity contribution in [2.24, 2.45) is 5.73 Å². The van der Waals surface area contributed by atoms with E-state index < -0.39 is 0 Å². The number of esters is 1. The number of benzene rings is 3. The van der Waals surface area contributed by atoms with Crippen LogP contribution in [0.2, 0.25) is 0 Å². The van der Waals surface area contributed by atoms with Crippen molar-refractivity contribution >= 4 is 29.1 Å². The Morgan fingerprint density at radius 3 is 2.57 bits per heavy atom. The first-order valence-electron chi connectivity index (χ1n) is 12.8. The largest absolute Gasteiger partial charge is 0.493 e. The minimum Gasteiger partial charge on any atom is -0.493 e. The summed E-state index contributed by atoms with van der Waals surface area (Å²) in [7, 11) is 0. The van der Waals surface area contributed by atoms with Gasteiger partial charge in [0.15, 0.2) is 0 Å². The maximum Gasteiger partial charge on any atom is 0.341 e. The summed E-state index contributed by atoms with van der Waals surface area (Å²) in [5, 5.41) is 2.34. The Labute approximate surface area is 225 Å². The first kappa shape index (κ1) is 28.2. The van der Waals surface area contributed by atoms with Gasteiger partial charge in [-0.3, -0.25) is 0 Å². The third-order valence-corrected chi connectivity index (χ3v) is 6.25. The highest BCUT2D eigenvalue weighted by Gasteiger charge is 2.19. The standard InChI is InChI=1S/C30H35N3O3.ClH/c1-3-5-16-35-28-15-14-22(18-25(28)30(34)36-17-6-4-2)26(31)19-29-32-20-27(33-29)24-13-9-11-21-10-7-8-12-23(21)24;/h7-15,18,20,26H,3-6,16-17,19,31H2,1-2H3,(H,32,33);1H. The number of H-pyrrole nitrogens is 1. The molecule has 3 aromatic carbocycles. The third kappa shape index (κ3) is 7.12. The molecule has 0 aliphatic rings. The molecule has 0 bridgehead atoms. The molecule has 37 heavy (non-hydrogen) atoms. The van der Waals surface area contributed by atoms with E-state index in [0.29, 0.717) is 30.9 Å². The highest BCUT2D eigenvalue weighted by atomic mass is 35.5. The van der Waals surface area contributed by atoms with E-state index in [2.05, 4.69) is 43.1 Å². The summed E-state index contributed by atoms with van der Waals surface area (Å²) in [4.78, 5) is 20.9. The van der Waals surface area contributed by atoms with Crippen LogP contribution in [-0.4, -0.2) is 29.2 Å². The van der Waals surface area contributed by atoms with Crippen molar-refractivity contribution in [3.05, 3.63) is 83.8 Å². The smallest absolute Gasteiger partial charge is 0.341 e. The molecule has 1 unspecified atom stereocenters. The van der Waals surface area contributed by atoms with Gasteiger partial charge in [-0.25, -0.2) is 9.78 Å². The molecule has 0 saturated heterocycles. The van der Waals surface area contributed by atoms with Crippen LogP contribution in [0.25, 0.3) is 22.0 Å². The Kier molecular flexibility index (Phi) is 10.5. The normalized spacial score (nSPS) is 11.6. The maximum atomic E-state index is 12.8. The molecule has 0 fully saturated rings. The van der Waals surface area contributed by atoms with Gasteiger partial charge in [0.05, 0.1) is 18.9 Å². The summed E-state index contributed by atoms with van der Waals surface area (Å²) >= 11 is 0. The zero-order chi connectivity index (χ0) is 25.3. The second-order valence-corrected chi connectivity index (χ2v) is 9.02. The molecule has 0 saturated carbocycles. The van der Waals surface area contributed by atoms with Gasteiger partial charge in [-0.15, -0.1) is 12.4 Å². The average Bonchev–Trinajstić information content (AvgIpc) is 3.36. The van der Waals surface area contributed by atoms with E-state index in [1.165, 1.54) is 5.39 Å². The van der Waals surface area contributed by atoms with Gasteiger partial charge < -0.3 is 20.2 Å². The van der Waals surface area contributed by atoms with Gasteiger partial charge in [0.25, 0.3) is 0 Å². The zero-order valence-electron chi connectivity index (χ0n) is 21.5. The van der Waals surface area contributed by atoms with Crippen LogP contribution in [0.3, 0.4) is 0 Å². The Hall–Kier alpha value is -3.35. The van der Waals surface area contributed by atoms with Crippen molar-refractivity contribution < 1.29 is 14.3 Å². The van der Waals surface area contributed by atoms with Gasteiger partial charge >= 0.3 is 5.97 Å². The molecule has 4 aromatic rings. The fourth-order valence-corrected chi connectivity index (χ4v) is 4.16. The van der Waals surface area contributed by atoms with Crippen LogP contribution in [0.4, 0.5) is 0 Å². The molecule has 1 atom stereocenters. The number of nitrogens with two attached hydrogens (primary N) is 1. The van der Waals surface area contributed by atoms with Gasteiger partial charge in [-0.2, -0.15) is 0 Å². The molecule has 1 heterocycles. The van der Waals surface area contributed by atoms with Crippen LogP contribution in [0.1, 0.15) is 67.3 Å². The lowest BCUT2D eigenvalue weighted by molar-refractivity contribution is 0.0495. The summed E-state index contributed by atoms with van der Waals surface area (Å²) < 4.78 is 11.4. The van der Waals surface area contributed by atoms with Crippen molar-refractivity contribution in [3.63, 3.8) is 0 Å². The van der Waals surface area contributed by atoms with Gasteiger partial charge in [0.2, 0.25) is 0 Å². The van der Waals surface area contributed by atoms with Crippen molar-refractivity contribution in [1.82, 2.24) is 9.97 Å². The van der Waals surface area contributed by atoms with Gasteiger partial charge in [0, 0.05) is 24.2 Å². The van der Waals surface area contributed by atoms with E-state index >= 15 is 0 Å². The fourth-order valence-electron chi connectivity index (χ4n) is 4.16. The molecule has 0 radical (unpaired) electrons. The summed E-state index contributed by atoms with van der Waals surface area (Å²) in [6.45, 7) is 5.11. The Balaban J connectivity index is 0.00000380. The zero-order valence-corrected chi connectivity index (χ0v) is 22.4. The number of nitrogens with zero attached hydrogens (tertiary/aromatic N) is 1. The van der Waals surface area contributed by atoms with E-state index in [0.717, 1.165) is 53.7 Å². The van der Waals surface area contributed by atoms with Crippen molar-refractivity contribution in [3.8, 4) is 17.0 Å². The minimum atomic E-state index is -0.375. The summed E-state index contributed by atoms with van der Waals surface area (Å²) in [6, 6.07) is 19.7. The number of hydrogen-bond acceptors (Lipinski definition) is 5. The number of hydrogen-bond donors (Lipinski definition) is 2. The lowest BCUT2D eigenvalue weighted by Crippen LogP contribution is -2.16. The van der Waals surface area contributed by atoms with Crippen LogP contribution in [-0.2, 0) is 11.2 Å². The second-order valence-electron chi connectivity index (χ2n) is 9.02. The molecule has 0 aliphatic heterocycles. The number of ether oxygens (including phenoxy) is 2. The SMILES string of the molecule is CCCCOC(=O)c1cc(C(N)Cc2nc(-c3cccc4ccccc34)c[nH]2)ccc1OCCCC.Cl. The summed E-state index contributed by atoms with van der Waals surface area (Å²) in [5.74, 6) is 0.957. The average molecular weight is 522 g/mol. The molecule has 0 amide bonds. The number of halogens is 1. The van der Waals surface area contributed by atoms with E-state index in [4.69, 9.17) is 20.2 Å². The van der Waals surface area contributed by atoms with Crippen LogP contribution in [0.5, 0.6) is 5.75 Å². The van der Waals surface area contributed by atoms with E-state index in [-0.39, 0.29) is 24.4 Å². The fraction of sp³-hybridized carbons (Fsp3) is 0.333. The van der Waals surface area contributed by atoms with Crippen LogP contribution in [0.15, 0.2) is 66.9 Å². The number of aromatic nitrogens is 2. The lowest BCUT2D eigenvalue weighted by Gasteiger charge is -2.16. The molecule has 0 spiro atoms. The number of rotatable bonds is 12. The first-order valence-corrected chi connectivity index (χ1v) is 12.8. The van der Waals surface area contributed by atoms with E-state index in [1.807, 2.05) is 36.5 Å². The number of imidazole rings is 1. The van der Waals surface area contributed by atoms with Crippen molar-refractivity contribution in [2.75, 3.05) is 13.2 Å². The topological polar surface area (TPSA) is 90.2 Å². The van der Waals surface area contributed by atoms with Crippen LogP contribution in [0, 0.1) is 0 Å². The molecule has 0 aliphatic carbocycles. The number of carbonyl (C=O) groups is 1. The highest BCUT2D eigenvalue weighted by molar-refractivity contribution is 5.95. The third-order valence-electron chi connectivity index (χ3n) is 6.25. The predicted octanol–water partition coefficient (Wildman–Crippen LogP) is 7.03. The molecule has 7 heteroatoms. The Morgan fingerprint density at radius 1 is 1.00 bits per heavy atom. The number of carbonyl (C=O) groups excluding carboxylic acids is 1. The lowest BCUT2D eigenvalue weighted by atomic mass is 10.0. The molecular weight excluding hydrogens is 486 g/mol. The molecule has 3 N–H and O–H groups in total. The van der Waals surface area contributed by atoms with Gasteiger partial charge in [-0.05, 0) is 41.3 Å². The van der Waals surface area contributed by atoms with Gasteiger partial charge in [0.1, 0.15) is 17.1 Å². The van der Waals surface area contributed by atoms with Gasteiger partial charge in [-0.1, -0.05) is 75.2 Å². The molecule has 1 aromatic heterocycles. The molecule has 196 valence electrons. The molecule has 4 rings (SSSR count). The van der Waals surface area contributed by atoms with E-state index in [1.54, 1.807) is 6.07 Å². The second kappa shape index (κ2) is 13.8. The minimum absolute atomic E-state index is 0. The Bertz CT molecular complexity index is 1300. The number of aromatic amines is 1. The first-order chi connectivity index (χ1) is 17.6. The molecular formula is C30H36ClN3O3. The van der Waals surface area contributed by atoms with E-state index in [9.17, 15) is 4.79 Å².